The van der Waals surface area contributed by atoms with Gasteiger partial charge in [-0.3, -0.25) is 19.1 Å². The Kier molecular flexibility index (Phi) is 11.3. The molecule has 1 amide bonds. The van der Waals surface area contributed by atoms with Crippen LogP contribution in [-0.2, 0) is 14.3 Å². The molecule has 2 N–H and O–H groups in total. The molecule has 15 nitrogen and oxygen atoms in total. The Morgan fingerprint density at radius 3 is 2.45 bits per heavy atom. The number of nitrogens with one attached hydrogen (secondary N) is 1. The lowest BCUT2D eigenvalue weighted by atomic mass is 9.98. The van der Waals surface area contributed by atoms with Gasteiger partial charge < -0.3 is 15.2 Å². The van der Waals surface area contributed by atoms with E-state index in [2.05, 4.69) is 30.7 Å². The highest BCUT2D eigenvalue weighted by molar-refractivity contribution is 6.31. The van der Waals surface area contributed by atoms with Gasteiger partial charge in [0.2, 0.25) is 5.91 Å². The summed E-state index contributed by atoms with van der Waals surface area (Å²) in [5.41, 5.74) is 1.08. The number of pyridine rings is 1. The topological polar surface area (TPSA) is 189 Å². The number of aromatic nitrogens is 8. The van der Waals surface area contributed by atoms with Crippen molar-refractivity contribution in [2.75, 3.05) is 12.4 Å². The highest BCUT2D eigenvalue weighted by Gasteiger charge is 2.38. The van der Waals surface area contributed by atoms with Crippen molar-refractivity contribution in [3.8, 4) is 22.6 Å². The van der Waals surface area contributed by atoms with Crippen LogP contribution in [0.2, 0.25) is 5.02 Å². The highest BCUT2D eigenvalue weighted by atomic mass is 35.5. The van der Waals surface area contributed by atoms with Gasteiger partial charge in [-0.15, -0.1) is 5.10 Å². The van der Waals surface area contributed by atoms with Crippen LogP contribution >= 0.6 is 11.6 Å². The zero-order valence-corrected chi connectivity index (χ0v) is 28.2. The monoisotopic (exact) mass is 763 g/mol. The first-order valence-corrected chi connectivity index (χ1v) is 15.8. The zero-order valence-electron chi connectivity index (χ0n) is 27.5. The van der Waals surface area contributed by atoms with Gasteiger partial charge in [-0.1, -0.05) is 30.2 Å². The lowest BCUT2D eigenvalue weighted by Crippen LogP contribution is -2.27. The first-order chi connectivity index (χ1) is 25.1. The third kappa shape index (κ3) is 8.71. The fourth-order valence-electron chi connectivity index (χ4n) is 5.25. The Hall–Kier alpha value is -6.05. The van der Waals surface area contributed by atoms with E-state index >= 15 is 0 Å². The molecule has 0 fully saturated rings. The molecule has 0 spiro atoms. The molecule has 21 heteroatoms. The van der Waals surface area contributed by atoms with Crippen LogP contribution in [-0.4, -0.2) is 75.5 Å². The maximum Gasteiger partial charge on any atom is 0.490 e. The van der Waals surface area contributed by atoms with Crippen molar-refractivity contribution in [1.82, 2.24) is 39.3 Å². The Bertz CT molecular complexity index is 2220. The maximum absolute atomic E-state index is 13.7. The first-order valence-electron chi connectivity index (χ1n) is 15.4. The molecule has 0 aliphatic carbocycles. The van der Waals surface area contributed by atoms with Crippen molar-refractivity contribution in [1.29, 1.82) is 0 Å². The van der Waals surface area contributed by atoms with Gasteiger partial charge in [-0.25, -0.2) is 32.7 Å². The summed E-state index contributed by atoms with van der Waals surface area (Å²) >= 11 is 6.27. The van der Waals surface area contributed by atoms with Crippen LogP contribution in [0, 0.1) is 5.92 Å². The third-order valence-electron chi connectivity index (χ3n) is 7.90. The Balaban J connectivity index is 0.000000705. The molecule has 5 aromatic rings. The van der Waals surface area contributed by atoms with Gasteiger partial charge in [0, 0.05) is 34.8 Å². The van der Waals surface area contributed by atoms with Crippen LogP contribution < -0.4 is 10.9 Å². The fourth-order valence-corrected chi connectivity index (χ4v) is 5.42. The SMILES string of the molecule is COC(=O)c1cc2n(n1)-c1ccnc(c1)[C@@H](n1cnc(-c3cc(Cl)ccc3-n3cc(C(F)F)nn3)cc1=O)CCC[C@@H](C)C(=O)N2.O=C(O)C(F)(F)F. The predicted molar refractivity (Wildman–Crippen MR) is 175 cm³/mol. The summed E-state index contributed by atoms with van der Waals surface area (Å²) < 4.78 is 67.0. The summed E-state index contributed by atoms with van der Waals surface area (Å²) in [7, 11) is 1.24. The highest BCUT2D eigenvalue weighted by Crippen LogP contribution is 2.31. The van der Waals surface area contributed by atoms with Gasteiger partial charge in [0.15, 0.2) is 5.69 Å². The van der Waals surface area contributed by atoms with Crippen molar-refractivity contribution in [2.45, 2.75) is 44.8 Å². The summed E-state index contributed by atoms with van der Waals surface area (Å²) in [5, 5.41) is 22.0. The van der Waals surface area contributed by atoms with Crippen molar-refractivity contribution in [3.63, 3.8) is 0 Å². The zero-order chi connectivity index (χ0) is 38.6. The molecule has 1 aliphatic rings. The molecule has 0 radical (unpaired) electrons. The lowest BCUT2D eigenvalue weighted by Gasteiger charge is -2.22. The van der Waals surface area contributed by atoms with E-state index in [1.165, 1.54) is 39.5 Å². The summed E-state index contributed by atoms with van der Waals surface area (Å²) in [6.45, 7) is 1.79. The van der Waals surface area contributed by atoms with Gasteiger partial charge in [-0.2, -0.15) is 18.3 Å². The first kappa shape index (κ1) is 38.2. The number of hydrogen-bond donors (Lipinski definition) is 2. The number of carbonyl (C=O) groups excluding carboxylic acids is 2. The number of nitrogens with zero attached hydrogens (tertiary/aromatic N) is 8. The summed E-state index contributed by atoms with van der Waals surface area (Å²) in [6, 6.07) is 10.3. The average Bonchev–Trinajstić information content (AvgIpc) is 3.78. The molecule has 0 saturated heterocycles. The van der Waals surface area contributed by atoms with Crippen molar-refractivity contribution in [3.05, 3.63) is 93.6 Å². The van der Waals surface area contributed by atoms with Crippen molar-refractivity contribution in [2.24, 2.45) is 5.92 Å². The summed E-state index contributed by atoms with van der Waals surface area (Å²) in [5.74, 6) is -3.79. The second-order valence-electron chi connectivity index (χ2n) is 11.5. The number of anilines is 1. The Morgan fingerprint density at radius 1 is 1.08 bits per heavy atom. The Labute approximate surface area is 300 Å². The molecular formula is C32H27ClF5N9O6. The number of benzene rings is 1. The molecule has 1 aliphatic heterocycles. The molecule has 0 unspecified atom stereocenters. The number of ether oxygens (including phenoxy) is 1. The smallest absolute Gasteiger partial charge is 0.475 e. The molecule has 1 aromatic carbocycles. The van der Waals surface area contributed by atoms with Crippen molar-refractivity contribution >= 4 is 35.3 Å². The van der Waals surface area contributed by atoms with Crippen LogP contribution in [0.3, 0.4) is 0 Å². The van der Waals surface area contributed by atoms with E-state index in [1.54, 1.807) is 43.5 Å². The van der Waals surface area contributed by atoms with Gasteiger partial charge in [0.05, 0.1) is 48.4 Å². The van der Waals surface area contributed by atoms with Crippen molar-refractivity contribution < 1.29 is 46.2 Å². The molecule has 5 heterocycles. The molecule has 0 saturated carbocycles. The minimum Gasteiger partial charge on any atom is -0.475 e. The Morgan fingerprint density at radius 2 is 1.81 bits per heavy atom. The van der Waals surface area contributed by atoms with Gasteiger partial charge in [0.1, 0.15) is 11.5 Å². The number of hydrogen-bond acceptors (Lipinski definition) is 10. The number of carboxylic acid groups (broad SMARTS) is 1. The van der Waals surface area contributed by atoms with Crippen LogP contribution in [0.5, 0.6) is 0 Å². The van der Waals surface area contributed by atoms with E-state index in [1.807, 2.05) is 0 Å². The van der Waals surface area contributed by atoms with E-state index < -0.39 is 47.8 Å². The van der Waals surface area contributed by atoms with E-state index in [0.29, 0.717) is 46.9 Å². The quantitative estimate of drug-likeness (QED) is 0.172. The standard InChI is InChI=1S/C30H26ClF2N9O4.C2HF3O2/c1-16-4-3-5-25(21-11-18(8-9-34-21)42-26(36-29(16)44)12-22(38-42)30(45)46-2)40-15-35-20(13-27(40)43)19-10-17(31)6-7-24(19)41-14-23(28(32)33)37-39-41;3-2(4,5)1(6)7/h6-16,25,28H,3-5H2,1-2H3,(H,36,44);(H,6,7)/t16-,25+;/m1./s1. The molecule has 4 aromatic heterocycles. The fraction of sp³-hybridized carbons (Fsp3) is 0.281. The van der Waals surface area contributed by atoms with Gasteiger partial charge in [-0.05, 0) is 43.2 Å². The number of methoxy groups -OCH3 is 1. The molecule has 53 heavy (non-hydrogen) atoms. The number of amides is 1. The van der Waals surface area contributed by atoms with E-state index in [9.17, 15) is 36.3 Å². The minimum absolute atomic E-state index is 0.00273. The number of fused-ring (bicyclic) bond motifs is 4. The van der Waals surface area contributed by atoms with Crippen LogP contribution in [0.4, 0.5) is 27.8 Å². The molecule has 278 valence electrons. The summed E-state index contributed by atoms with van der Waals surface area (Å²) in [6.07, 6.45) is -2.32. The largest absolute Gasteiger partial charge is 0.490 e. The van der Waals surface area contributed by atoms with Crippen LogP contribution in [0.25, 0.3) is 22.6 Å². The third-order valence-corrected chi connectivity index (χ3v) is 8.13. The number of carbonyl (C=O) groups is 3. The molecule has 2 atom stereocenters. The second kappa shape index (κ2) is 15.7. The number of rotatable bonds is 5. The average molecular weight is 764 g/mol. The normalized spacial score (nSPS) is 16.0. The van der Waals surface area contributed by atoms with Crippen LogP contribution in [0.1, 0.15) is 60.5 Å². The lowest BCUT2D eigenvalue weighted by molar-refractivity contribution is -0.192. The van der Waals surface area contributed by atoms with E-state index in [0.717, 1.165) is 6.20 Å². The number of esters is 1. The van der Waals surface area contributed by atoms with Gasteiger partial charge >= 0.3 is 18.1 Å². The number of alkyl halides is 5. The number of carboxylic acids is 1. The maximum atomic E-state index is 13.7. The van der Waals surface area contributed by atoms with Crippen LogP contribution in [0.15, 0.2) is 66.0 Å². The number of halogens is 6. The second-order valence-corrected chi connectivity index (χ2v) is 11.9. The summed E-state index contributed by atoms with van der Waals surface area (Å²) in [4.78, 5) is 57.0. The molecule has 2 bridgehead atoms. The van der Waals surface area contributed by atoms with E-state index in [-0.39, 0.29) is 23.1 Å². The van der Waals surface area contributed by atoms with Gasteiger partial charge in [0.25, 0.3) is 12.0 Å². The number of aliphatic carboxylic acids is 1. The van der Waals surface area contributed by atoms with E-state index in [4.69, 9.17) is 26.2 Å². The predicted octanol–water partition coefficient (Wildman–Crippen LogP) is 5.43. The molecule has 6 rings (SSSR count). The minimum atomic E-state index is -5.08. The molecular weight excluding hydrogens is 737 g/mol.